The van der Waals surface area contributed by atoms with Crippen LogP contribution < -0.4 is 5.32 Å². The van der Waals surface area contributed by atoms with Gasteiger partial charge in [-0.15, -0.1) is 0 Å². The van der Waals surface area contributed by atoms with Crippen molar-refractivity contribution in [3.05, 3.63) is 69.3 Å². The molecule has 0 saturated carbocycles. The fraction of sp³-hybridized carbons (Fsp3) is 0.375. The summed E-state index contributed by atoms with van der Waals surface area (Å²) in [5.41, 5.74) is 2.16. The van der Waals surface area contributed by atoms with Gasteiger partial charge in [-0.05, 0) is 47.5 Å². The second-order valence-corrected chi connectivity index (χ2v) is 8.94. The molecule has 1 unspecified atom stereocenters. The first kappa shape index (κ1) is 23.9. The van der Waals surface area contributed by atoms with E-state index in [1.165, 1.54) is 34.4 Å². The molecule has 1 aromatic heterocycles. The lowest BCUT2D eigenvalue weighted by atomic mass is 9.96. The Morgan fingerprint density at radius 2 is 1.97 bits per heavy atom. The minimum atomic E-state index is -0.583. The van der Waals surface area contributed by atoms with E-state index in [4.69, 9.17) is 4.74 Å². The van der Waals surface area contributed by atoms with Crippen LogP contribution in [0.2, 0.25) is 0 Å². The lowest BCUT2D eigenvalue weighted by Crippen LogP contribution is -2.53. The lowest BCUT2D eigenvalue weighted by Gasteiger charge is -2.39. The summed E-state index contributed by atoms with van der Waals surface area (Å²) in [6.45, 7) is 4.36. The molecule has 2 aromatic rings. The molecule has 3 heterocycles. The predicted molar refractivity (Wildman–Crippen MR) is 126 cm³/mol. The van der Waals surface area contributed by atoms with E-state index < -0.39 is 17.8 Å². The number of hydrogen-bond donors (Lipinski definition) is 1. The van der Waals surface area contributed by atoms with E-state index in [1.807, 2.05) is 16.8 Å². The number of likely N-dealkylation sites (N-methyl/N-ethyl adjacent to an activating group) is 1. The van der Waals surface area contributed by atoms with Crippen LogP contribution in [0.3, 0.4) is 0 Å². The highest BCUT2D eigenvalue weighted by molar-refractivity contribution is 7.08. The molecule has 0 radical (unpaired) electrons. The Morgan fingerprint density at radius 3 is 2.62 bits per heavy atom. The molecule has 180 valence electrons. The molecule has 10 heteroatoms. The van der Waals surface area contributed by atoms with Crippen LogP contribution in [-0.4, -0.2) is 79.0 Å². The zero-order valence-electron chi connectivity index (χ0n) is 19.1. The number of halogens is 1. The number of nitrogens with zero attached hydrogens (tertiary/aromatic N) is 3. The summed E-state index contributed by atoms with van der Waals surface area (Å²) in [6.07, 6.45) is 0. The van der Waals surface area contributed by atoms with Crippen LogP contribution in [0.25, 0.3) is 0 Å². The van der Waals surface area contributed by atoms with Crippen molar-refractivity contribution >= 4 is 29.2 Å². The van der Waals surface area contributed by atoms with Crippen LogP contribution in [-0.2, 0) is 9.53 Å². The van der Waals surface area contributed by atoms with Crippen molar-refractivity contribution in [2.45, 2.75) is 13.0 Å². The van der Waals surface area contributed by atoms with Crippen molar-refractivity contribution in [2.24, 2.45) is 0 Å². The number of carbonyl (C=O) groups excluding carboxylic acids is 3. The van der Waals surface area contributed by atoms with E-state index in [0.717, 1.165) is 5.56 Å². The highest BCUT2D eigenvalue weighted by atomic mass is 32.1. The number of esters is 1. The second kappa shape index (κ2) is 10.4. The fourth-order valence-electron chi connectivity index (χ4n) is 4.21. The summed E-state index contributed by atoms with van der Waals surface area (Å²) in [6, 6.07) is 6.69. The molecule has 1 saturated heterocycles. The molecule has 1 atom stereocenters. The highest BCUT2D eigenvalue weighted by Gasteiger charge is 2.38. The zero-order valence-corrected chi connectivity index (χ0v) is 19.9. The number of amides is 3. The number of piperazine rings is 1. The first-order valence-corrected chi connectivity index (χ1v) is 12.1. The summed E-state index contributed by atoms with van der Waals surface area (Å²) in [5, 5.41) is 6.71. The summed E-state index contributed by atoms with van der Waals surface area (Å²) in [7, 11) is 1.64. The molecule has 4 rings (SSSR count). The maximum absolute atomic E-state index is 13.5. The third-order valence-corrected chi connectivity index (χ3v) is 6.75. The topological polar surface area (TPSA) is 82.2 Å². The zero-order chi connectivity index (χ0) is 24.2. The number of ether oxygens (including phenoxy) is 1. The minimum absolute atomic E-state index is 0.211. The normalized spacial score (nSPS) is 19.3. The van der Waals surface area contributed by atoms with Crippen molar-refractivity contribution in [3.63, 3.8) is 0 Å². The van der Waals surface area contributed by atoms with E-state index in [9.17, 15) is 18.8 Å². The van der Waals surface area contributed by atoms with Crippen LogP contribution >= 0.6 is 11.3 Å². The van der Waals surface area contributed by atoms with Gasteiger partial charge in [0.25, 0.3) is 5.91 Å². The number of benzene rings is 1. The molecule has 1 N–H and O–H groups in total. The monoisotopic (exact) mass is 486 g/mol. The number of hydrogen-bond acceptors (Lipinski definition) is 6. The van der Waals surface area contributed by atoms with Gasteiger partial charge in [0.2, 0.25) is 0 Å². The third kappa shape index (κ3) is 4.97. The molecule has 34 heavy (non-hydrogen) atoms. The van der Waals surface area contributed by atoms with Gasteiger partial charge in [0, 0.05) is 51.0 Å². The van der Waals surface area contributed by atoms with Gasteiger partial charge in [0.05, 0.1) is 18.2 Å². The van der Waals surface area contributed by atoms with Crippen LogP contribution in [0.4, 0.5) is 9.18 Å². The molecule has 2 aliphatic rings. The Bertz CT molecular complexity index is 1100. The largest absolute Gasteiger partial charge is 0.463 e. The number of rotatable bonds is 6. The predicted octanol–water partition coefficient (Wildman–Crippen LogP) is 2.86. The standard InChI is InChI=1S/C24H27FN4O4S/c1-3-33-23(31)20-19(27(2)24(32)26-21(20)17-7-12-34-15-17)14-28-8-10-29(11-9-28)22(30)16-5-4-6-18(25)13-16/h4-7,12-13,15,21H,3,8-11,14H2,1-2H3,(H,26,32). The SMILES string of the molecule is CCOC(=O)C1=C(CN2CCN(C(=O)c3cccc(F)c3)CC2)N(C)C(=O)NC1c1ccsc1. The fourth-order valence-corrected chi connectivity index (χ4v) is 4.90. The maximum atomic E-state index is 13.5. The van der Waals surface area contributed by atoms with Crippen molar-refractivity contribution in [1.29, 1.82) is 0 Å². The van der Waals surface area contributed by atoms with Crippen LogP contribution in [0.5, 0.6) is 0 Å². The van der Waals surface area contributed by atoms with Crippen LogP contribution in [0.1, 0.15) is 28.9 Å². The number of urea groups is 1. The average molecular weight is 487 g/mol. The van der Waals surface area contributed by atoms with E-state index in [-0.39, 0.29) is 18.5 Å². The summed E-state index contributed by atoms with van der Waals surface area (Å²) >= 11 is 1.49. The Morgan fingerprint density at radius 1 is 1.21 bits per heavy atom. The molecule has 0 bridgehead atoms. The van der Waals surface area contributed by atoms with Gasteiger partial charge in [0.1, 0.15) is 5.82 Å². The van der Waals surface area contributed by atoms with Crippen molar-refractivity contribution < 1.29 is 23.5 Å². The third-order valence-electron chi connectivity index (χ3n) is 6.05. The Labute approximate surface area is 201 Å². The van der Waals surface area contributed by atoms with E-state index in [0.29, 0.717) is 49.6 Å². The molecule has 2 aliphatic heterocycles. The molecule has 1 fully saturated rings. The molecule has 0 spiro atoms. The van der Waals surface area contributed by atoms with Gasteiger partial charge in [0.15, 0.2) is 0 Å². The van der Waals surface area contributed by atoms with E-state index in [1.54, 1.807) is 24.9 Å². The summed E-state index contributed by atoms with van der Waals surface area (Å²) < 4.78 is 18.9. The quantitative estimate of drug-likeness (QED) is 0.635. The second-order valence-electron chi connectivity index (χ2n) is 8.16. The molecule has 1 aromatic carbocycles. The maximum Gasteiger partial charge on any atom is 0.338 e. The molecule has 8 nitrogen and oxygen atoms in total. The van der Waals surface area contributed by atoms with Gasteiger partial charge in [-0.3, -0.25) is 14.6 Å². The average Bonchev–Trinajstić information content (AvgIpc) is 3.37. The van der Waals surface area contributed by atoms with Crippen molar-refractivity contribution in [1.82, 2.24) is 20.0 Å². The van der Waals surface area contributed by atoms with E-state index in [2.05, 4.69) is 10.2 Å². The summed E-state index contributed by atoms with van der Waals surface area (Å²) in [4.78, 5) is 43.7. The van der Waals surface area contributed by atoms with Crippen LogP contribution in [0.15, 0.2) is 52.4 Å². The number of thiophene rings is 1. The van der Waals surface area contributed by atoms with E-state index >= 15 is 0 Å². The minimum Gasteiger partial charge on any atom is -0.463 e. The Kier molecular flexibility index (Phi) is 7.28. The smallest absolute Gasteiger partial charge is 0.338 e. The molecular weight excluding hydrogens is 459 g/mol. The van der Waals surface area contributed by atoms with Gasteiger partial charge < -0.3 is 15.0 Å². The highest BCUT2D eigenvalue weighted by Crippen LogP contribution is 2.32. The molecule has 3 amide bonds. The number of carbonyl (C=O) groups is 3. The van der Waals surface area contributed by atoms with Gasteiger partial charge in [-0.25, -0.2) is 14.0 Å². The number of nitrogens with one attached hydrogen (secondary N) is 1. The Hall–Kier alpha value is -3.24. The molecular formula is C24H27FN4O4S. The lowest BCUT2D eigenvalue weighted by molar-refractivity contribution is -0.139. The summed E-state index contributed by atoms with van der Waals surface area (Å²) in [5.74, 6) is -1.11. The van der Waals surface area contributed by atoms with Gasteiger partial charge in [-0.1, -0.05) is 6.07 Å². The van der Waals surface area contributed by atoms with Crippen molar-refractivity contribution in [2.75, 3.05) is 46.4 Å². The van der Waals surface area contributed by atoms with Gasteiger partial charge >= 0.3 is 12.0 Å². The van der Waals surface area contributed by atoms with Gasteiger partial charge in [-0.2, -0.15) is 11.3 Å². The Balaban J connectivity index is 1.53. The first-order valence-electron chi connectivity index (χ1n) is 11.1. The first-order chi connectivity index (χ1) is 16.4. The molecule has 0 aliphatic carbocycles. The van der Waals surface area contributed by atoms with Crippen molar-refractivity contribution in [3.8, 4) is 0 Å². The van der Waals surface area contributed by atoms with Crippen LogP contribution in [0, 0.1) is 5.82 Å².